The largest absolute Gasteiger partial charge is 0.495 e. The lowest BCUT2D eigenvalue weighted by molar-refractivity contribution is -0.134. The third-order valence-electron chi connectivity index (χ3n) is 9.87. The van der Waals surface area contributed by atoms with Crippen molar-refractivity contribution in [2.24, 2.45) is 28.6 Å². The van der Waals surface area contributed by atoms with E-state index in [1.54, 1.807) is 7.11 Å². The fraction of sp³-hybridized carbons (Fsp3) is 0.630. The molecule has 0 radical (unpaired) electrons. The Balaban J connectivity index is 1.29. The minimum absolute atomic E-state index is 0.0273. The summed E-state index contributed by atoms with van der Waals surface area (Å²) < 4.78 is 5.52. The molecule has 5 heteroatoms. The molecule has 1 aromatic carbocycles. The van der Waals surface area contributed by atoms with Crippen LogP contribution in [0, 0.1) is 28.6 Å². The highest BCUT2D eigenvalue weighted by Gasteiger charge is 2.60. The number of ether oxygens (including phenoxy) is 1. The topological polar surface area (TPSA) is 51.2 Å². The number of ketones is 1. The number of thiazole rings is 1. The van der Waals surface area contributed by atoms with Gasteiger partial charge in [0.15, 0.2) is 5.13 Å². The first-order valence-corrected chi connectivity index (χ1v) is 13.2. The van der Waals surface area contributed by atoms with Gasteiger partial charge in [0.05, 0.1) is 18.5 Å². The predicted octanol–water partition coefficient (Wildman–Crippen LogP) is 6.74. The molecule has 0 spiro atoms. The number of Topliss-reactive ketones (excluding diaryl/α,β-unsaturated/α-hetero) is 1. The third kappa shape index (κ3) is 2.85. The maximum atomic E-state index is 12.7. The number of fused-ring (bicyclic) bond motifs is 7. The molecule has 1 heterocycles. The van der Waals surface area contributed by atoms with Gasteiger partial charge in [-0.1, -0.05) is 26.0 Å². The minimum atomic E-state index is -0.0273. The van der Waals surface area contributed by atoms with Crippen LogP contribution in [0.15, 0.2) is 24.3 Å². The summed E-state index contributed by atoms with van der Waals surface area (Å²) in [7, 11) is 1.71. The van der Waals surface area contributed by atoms with E-state index in [-0.39, 0.29) is 5.41 Å². The van der Waals surface area contributed by atoms with Gasteiger partial charge in [0.2, 0.25) is 0 Å². The summed E-state index contributed by atoms with van der Waals surface area (Å²) in [5.41, 5.74) is 2.60. The second-order valence-electron chi connectivity index (χ2n) is 11.1. The van der Waals surface area contributed by atoms with Gasteiger partial charge in [0.1, 0.15) is 11.5 Å². The zero-order chi connectivity index (χ0) is 22.1. The Hall–Kier alpha value is -1.88. The molecule has 1 aromatic heterocycles. The van der Waals surface area contributed by atoms with E-state index in [1.807, 2.05) is 29.5 Å². The molecule has 4 nitrogen and oxygen atoms in total. The lowest BCUT2D eigenvalue weighted by Crippen LogP contribution is -2.52. The lowest BCUT2D eigenvalue weighted by Gasteiger charge is -2.59. The van der Waals surface area contributed by atoms with Crippen molar-refractivity contribution in [3.8, 4) is 5.75 Å². The van der Waals surface area contributed by atoms with Gasteiger partial charge < -0.3 is 10.1 Å². The molecule has 6 atom stereocenters. The highest BCUT2D eigenvalue weighted by molar-refractivity contribution is 7.15. The van der Waals surface area contributed by atoms with Crippen molar-refractivity contribution in [3.05, 3.63) is 34.8 Å². The van der Waals surface area contributed by atoms with Crippen molar-refractivity contribution in [2.45, 2.75) is 71.1 Å². The maximum absolute atomic E-state index is 12.7. The van der Waals surface area contributed by atoms with Crippen LogP contribution in [0.5, 0.6) is 5.75 Å². The van der Waals surface area contributed by atoms with E-state index < -0.39 is 0 Å². The summed E-state index contributed by atoms with van der Waals surface area (Å²) in [5.74, 6) is 4.13. The maximum Gasteiger partial charge on any atom is 0.187 e. The molecular weight excluding hydrogens is 416 g/mol. The van der Waals surface area contributed by atoms with E-state index in [0.717, 1.165) is 54.1 Å². The minimum Gasteiger partial charge on any atom is -0.495 e. The summed E-state index contributed by atoms with van der Waals surface area (Å²) in [6, 6.07) is 8.06. The summed E-state index contributed by atoms with van der Waals surface area (Å²) in [4.78, 5) is 19.3. The molecule has 0 aliphatic heterocycles. The zero-order valence-electron chi connectivity index (χ0n) is 19.4. The summed E-state index contributed by atoms with van der Waals surface area (Å²) in [5, 5.41) is 4.52. The molecule has 3 fully saturated rings. The average Bonchev–Trinajstić information content (AvgIpc) is 3.34. The van der Waals surface area contributed by atoms with Crippen LogP contribution < -0.4 is 10.1 Å². The van der Waals surface area contributed by atoms with Crippen LogP contribution in [0.2, 0.25) is 0 Å². The second-order valence-corrected chi connectivity index (χ2v) is 12.1. The van der Waals surface area contributed by atoms with Crippen LogP contribution in [0.3, 0.4) is 0 Å². The van der Waals surface area contributed by atoms with Crippen LogP contribution in [-0.2, 0) is 11.2 Å². The van der Waals surface area contributed by atoms with Crippen LogP contribution in [0.25, 0.3) is 0 Å². The average molecular weight is 451 g/mol. The van der Waals surface area contributed by atoms with Gasteiger partial charge in [-0.15, -0.1) is 11.3 Å². The monoisotopic (exact) mass is 450 g/mol. The molecule has 0 amide bonds. The lowest BCUT2D eigenvalue weighted by atomic mass is 9.46. The van der Waals surface area contributed by atoms with E-state index in [1.165, 1.54) is 36.3 Å². The van der Waals surface area contributed by atoms with E-state index in [9.17, 15) is 4.79 Å². The molecule has 170 valence electrons. The van der Waals surface area contributed by atoms with Crippen molar-refractivity contribution >= 4 is 27.9 Å². The first-order valence-electron chi connectivity index (χ1n) is 12.4. The Labute approximate surface area is 195 Å². The SMILES string of the molecule is COc1ccccc1Nc1nc2c(s1)C1CC[C@@H]3[C@H](CC[C@]4(C)C(=O)CC[C@@H]34)[C@@]1(C)CC2. The Morgan fingerprint density at radius 1 is 1.06 bits per heavy atom. The van der Waals surface area contributed by atoms with Gasteiger partial charge in [0, 0.05) is 22.6 Å². The van der Waals surface area contributed by atoms with Crippen molar-refractivity contribution in [1.82, 2.24) is 4.98 Å². The second kappa shape index (κ2) is 7.31. The van der Waals surface area contributed by atoms with Crippen LogP contribution >= 0.6 is 11.3 Å². The molecular formula is C27H34N2O2S. The highest BCUT2D eigenvalue weighted by Crippen LogP contribution is 2.67. The number of nitrogens with one attached hydrogen (secondary N) is 1. The third-order valence-corrected chi connectivity index (χ3v) is 11.0. The molecule has 32 heavy (non-hydrogen) atoms. The molecule has 6 rings (SSSR count). The number of aromatic nitrogens is 1. The Morgan fingerprint density at radius 3 is 2.75 bits per heavy atom. The number of hydrogen-bond donors (Lipinski definition) is 1. The number of anilines is 2. The predicted molar refractivity (Wildman–Crippen MR) is 129 cm³/mol. The van der Waals surface area contributed by atoms with Crippen molar-refractivity contribution in [2.75, 3.05) is 12.4 Å². The Bertz CT molecular complexity index is 1060. The van der Waals surface area contributed by atoms with E-state index in [2.05, 4.69) is 25.2 Å². The molecule has 0 saturated heterocycles. The fourth-order valence-corrected chi connectivity index (χ4v) is 9.46. The normalized spacial score (nSPS) is 37.8. The smallest absolute Gasteiger partial charge is 0.187 e. The van der Waals surface area contributed by atoms with Crippen molar-refractivity contribution < 1.29 is 9.53 Å². The van der Waals surface area contributed by atoms with Gasteiger partial charge in [-0.05, 0) is 80.2 Å². The fourth-order valence-electron chi connectivity index (χ4n) is 8.14. The summed E-state index contributed by atoms with van der Waals surface area (Å²) in [6.45, 7) is 4.86. The number of benzene rings is 1. The van der Waals surface area contributed by atoms with Crippen LogP contribution in [-0.4, -0.2) is 17.9 Å². The number of methoxy groups -OCH3 is 1. The molecule has 0 bridgehead atoms. The van der Waals surface area contributed by atoms with Crippen molar-refractivity contribution in [1.29, 1.82) is 0 Å². The molecule has 1 unspecified atom stereocenters. The van der Waals surface area contributed by atoms with Crippen LogP contribution in [0.1, 0.15) is 75.3 Å². The van der Waals surface area contributed by atoms with Gasteiger partial charge in [-0.25, -0.2) is 4.98 Å². The zero-order valence-corrected chi connectivity index (χ0v) is 20.3. The summed E-state index contributed by atoms with van der Waals surface area (Å²) >= 11 is 1.86. The van der Waals surface area contributed by atoms with E-state index in [4.69, 9.17) is 9.72 Å². The van der Waals surface area contributed by atoms with Gasteiger partial charge in [-0.2, -0.15) is 0 Å². The number of carbonyl (C=O) groups is 1. The number of hydrogen-bond acceptors (Lipinski definition) is 5. The number of para-hydroxylation sites is 2. The molecule has 4 aliphatic carbocycles. The highest BCUT2D eigenvalue weighted by atomic mass is 32.1. The number of rotatable bonds is 3. The van der Waals surface area contributed by atoms with Gasteiger partial charge in [-0.3, -0.25) is 4.79 Å². The molecule has 2 aromatic rings. The first kappa shape index (κ1) is 20.7. The molecule has 3 saturated carbocycles. The summed E-state index contributed by atoms with van der Waals surface area (Å²) in [6.07, 6.45) is 9.15. The standard InChI is InChI=1S/C27H34N2O2S/c1-26-15-13-21-24(32-25(29-21)28-20-6-4-5-7-22(20)31-3)19(26)9-8-16-17-10-11-23(30)27(17,2)14-12-18(16)26/h4-7,16-19H,8-15H2,1-3H3,(H,28,29)/t16-,17-,18-,19?,26+,27-/m0/s1. The Morgan fingerprint density at radius 2 is 1.91 bits per heavy atom. The van der Waals surface area contributed by atoms with E-state index in [0.29, 0.717) is 23.0 Å². The molecule has 1 N–H and O–H groups in total. The first-order chi connectivity index (χ1) is 15.4. The van der Waals surface area contributed by atoms with Gasteiger partial charge in [0.25, 0.3) is 0 Å². The Kier molecular flexibility index (Phi) is 4.73. The van der Waals surface area contributed by atoms with E-state index >= 15 is 0 Å². The van der Waals surface area contributed by atoms with Crippen LogP contribution in [0.4, 0.5) is 10.8 Å². The van der Waals surface area contributed by atoms with Gasteiger partial charge >= 0.3 is 0 Å². The van der Waals surface area contributed by atoms with Crippen molar-refractivity contribution in [3.63, 3.8) is 0 Å². The number of carbonyl (C=O) groups excluding carboxylic acids is 1. The quantitative estimate of drug-likeness (QED) is 0.563. The molecule has 4 aliphatic rings. The number of aryl methyl sites for hydroxylation is 1. The number of nitrogens with zero attached hydrogens (tertiary/aromatic N) is 1.